The summed E-state index contributed by atoms with van der Waals surface area (Å²) in [6.45, 7) is 5.97. The molecule has 0 fully saturated rings. The van der Waals surface area contributed by atoms with E-state index in [4.69, 9.17) is 4.74 Å². The third-order valence-corrected chi connectivity index (χ3v) is 4.47. The maximum Gasteiger partial charge on any atom is 0.237 e. The van der Waals surface area contributed by atoms with E-state index in [0.29, 0.717) is 13.2 Å². The molecule has 2 N–H and O–H groups in total. The summed E-state index contributed by atoms with van der Waals surface area (Å²) in [6, 6.07) is 16.3. The number of fused-ring (bicyclic) bond motifs is 1. The molecule has 4 heteroatoms. The number of nitrogens with one attached hydrogen (secondary N) is 2. The van der Waals surface area contributed by atoms with Crippen LogP contribution in [-0.2, 0) is 35.6 Å². The summed E-state index contributed by atoms with van der Waals surface area (Å²) in [5.41, 5.74) is 4.79. The zero-order valence-corrected chi connectivity index (χ0v) is 14.9. The Bertz CT molecular complexity index is 710. The molecule has 0 saturated heterocycles. The molecule has 1 aliphatic rings. The van der Waals surface area contributed by atoms with Crippen LogP contribution in [0.3, 0.4) is 0 Å². The summed E-state index contributed by atoms with van der Waals surface area (Å²) < 4.78 is 5.60. The van der Waals surface area contributed by atoms with Gasteiger partial charge in [0.1, 0.15) is 0 Å². The molecule has 25 heavy (non-hydrogen) atoms. The fraction of sp³-hybridized carbons (Fsp3) is 0.381. The molecule has 0 radical (unpaired) electrons. The zero-order valence-electron chi connectivity index (χ0n) is 14.9. The molecule has 1 amide bonds. The van der Waals surface area contributed by atoms with Gasteiger partial charge in [-0.3, -0.25) is 4.79 Å². The lowest BCUT2D eigenvalue weighted by Gasteiger charge is -2.25. The van der Waals surface area contributed by atoms with Crippen LogP contribution in [-0.4, -0.2) is 18.1 Å². The van der Waals surface area contributed by atoms with Gasteiger partial charge >= 0.3 is 0 Å². The van der Waals surface area contributed by atoms with E-state index in [1.165, 1.54) is 11.1 Å². The number of ether oxygens (including phenoxy) is 1. The van der Waals surface area contributed by atoms with Crippen molar-refractivity contribution in [3.05, 3.63) is 70.8 Å². The minimum absolute atomic E-state index is 0.0571. The molecule has 132 valence electrons. The SMILES string of the molecule is CC(C)OCc1ccc(CNC(=O)[C@@H]2Cc3ccccc3CN2)cc1. The van der Waals surface area contributed by atoms with Gasteiger partial charge in [0.25, 0.3) is 0 Å². The molecule has 0 aliphatic carbocycles. The third kappa shape index (κ3) is 4.91. The van der Waals surface area contributed by atoms with Crippen LogP contribution in [0.15, 0.2) is 48.5 Å². The molecular formula is C21H26N2O2. The Morgan fingerprint density at radius 1 is 1.12 bits per heavy atom. The van der Waals surface area contributed by atoms with Gasteiger partial charge < -0.3 is 15.4 Å². The van der Waals surface area contributed by atoms with Crippen LogP contribution in [0.4, 0.5) is 0 Å². The fourth-order valence-electron chi connectivity index (χ4n) is 2.97. The highest BCUT2D eigenvalue weighted by Gasteiger charge is 2.23. The van der Waals surface area contributed by atoms with Gasteiger partial charge in [-0.05, 0) is 42.5 Å². The van der Waals surface area contributed by atoms with Gasteiger partial charge in [0.15, 0.2) is 0 Å². The fourth-order valence-corrected chi connectivity index (χ4v) is 2.97. The molecule has 0 spiro atoms. The normalized spacial score (nSPS) is 16.5. The number of benzene rings is 2. The minimum atomic E-state index is -0.159. The van der Waals surface area contributed by atoms with Crippen molar-refractivity contribution >= 4 is 5.91 Å². The van der Waals surface area contributed by atoms with Crippen molar-refractivity contribution in [2.45, 2.75) is 52.1 Å². The smallest absolute Gasteiger partial charge is 0.237 e. The van der Waals surface area contributed by atoms with Gasteiger partial charge in [-0.25, -0.2) is 0 Å². The number of amides is 1. The highest BCUT2D eigenvalue weighted by atomic mass is 16.5. The van der Waals surface area contributed by atoms with Crippen molar-refractivity contribution in [1.29, 1.82) is 0 Å². The molecule has 1 aliphatic heterocycles. The molecule has 0 saturated carbocycles. The van der Waals surface area contributed by atoms with Crippen molar-refractivity contribution in [3.8, 4) is 0 Å². The lowest BCUT2D eigenvalue weighted by molar-refractivity contribution is -0.123. The van der Waals surface area contributed by atoms with Gasteiger partial charge in [-0.2, -0.15) is 0 Å². The maximum atomic E-state index is 12.4. The molecule has 4 nitrogen and oxygen atoms in total. The Morgan fingerprint density at radius 3 is 2.52 bits per heavy atom. The summed E-state index contributed by atoms with van der Waals surface area (Å²) in [6.07, 6.45) is 0.972. The standard InChI is InChI=1S/C21H26N2O2/c1-15(2)25-14-17-9-7-16(8-10-17)12-23-21(24)20-11-18-5-3-4-6-19(18)13-22-20/h3-10,15,20,22H,11-14H2,1-2H3,(H,23,24)/t20-/m0/s1. The van der Waals surface area contributed by atoms with Crippen LogP contribution < -0.4 is 10.6 Å². The van der Waals surface area contributed by atoms with E-state index in [1.807, 2.05) is 38.1 Å². The van der Waals surface area contributed by atoms with Crippen molar-refractivity contribution in [3.63, 3.8) is 0 Å². The monoisotopic (exact) mass is 338 g/mol. The second-order valence-electron chi connectivity index (χ2n) is 6.80. The predicted octanol–water partition coefficient (Wildman–Crippen LogP) is 2.94. The first-order valence-electron chi connectivity index (χ1n) is 8.89. The van der Waals surface area contributed by atoms with E-state index in [9.17, 15) is 4.79 Å². The lowest BCUT2D eigenvalue weighted by Crippen LogP contribution is -2.47. The van der Waals surface area contributed by atoms with Crippen LogP contribution in [0.5, 0.6) is 0 Å². The summed E-state index contributed by atoms with van der Waals surface area (Å²) in [5, 5.41) is 6.36. The first-order valence-corrected chi connectivity index (χ1v) is 8.89. The Hall–Kier alpha value is -2.17. The second kappa shape index (κ2) is 8.28. The molecular weight excluding hydrogens is 312 g/mol. The van der Waals surface area contributed by atoms with E-state index >= 15 is 0 Å². The Labute approximate surface area is 149 Å². The average Bonchev–Trinajstić information content (AvgIpc) is 2.64. The third-order valence-electron chi connectivity index (χ3n) is 4.47. The van der Waals surface area contributed by atoms with Gasteiger partial charge in [0, 0.05) is 13.1 Å². The highest BCUT2D eigenvalue weighted by molar-refractivity contribution is 5.82. The van der Waals surface area contributed by atoms with Crippen LogP contribution >= 0.6 is 0 Å². The Morgan fingerprint density at radius 2 is 1.80 bits per heavy atom. The Balaban J connectivity index is 1.49. The number of rotatable bonds is 6. The van der Waals surface area contributed by atoms with Crippen molar-refractivity contribution in [1.82, 2.24) is 10.6 Å². The van der Waals surface area contributed by atoms with Crippen molar-refractivity contribution in [2.75, 3.05) is 0 Å². The highest BCUT2D eigenvalue weighted by Crippen LogP contribution is 2.16. The summed E-state index contributed by atoms with van der Waals surface area (Å²) >= 11 is 0. The predicted molar refractivity (Wildman–Crippen MR) is 99.0 cm³/mol. The Kier molecular flexibility index (Phi) is 5.84. The number of carbonyl (C=O) groups is 1. The molecule has 0 unspecified atom stereocenters. The van der Waals surface area contributed by atoms with E-state index in [0.717, 1.165) is 24.1 Å². The van der Waals surface area contributed by atoms with Crippen LogP contribution in [0.1, 0.15) is 36.1 Å². The molecule has 0 bridgehead atoms. The number of hydrogen-bond acceptors (Lipinski definition) is 3. The van der Waals surface area contributed by atoms with E-state index < -0.39 is 0 Å². The maximum absolute atomic E-state index is 12.4. The molecule has 1 atom stereocenters. The largest absolute Gasteiger partial charge is 0.374 e. The van der Waals surface area contributed by atoms with Gasteiger partial charge in [-0.15, -0.1) is 0 Å². The first kappa shape index (κ1) is 17.6. The number of hydrogen-bond donors (Lipinski definition) is 2. The van der Waals surface area contributed by atoms with Gasteiger partial charge in [-0.1, -0.05) is 48.5 Å². The topological polar surface area (TPSA) is 50.4 Å². The minimum Gasteiger partial charge on any atom is -0.374 e. The van der Waals surface area contributed by atoms with E-state index in [-0.39, 0.29) is 18.1 Å². The van der Waals surface area contributed by atoms with Crippen molar-refractivity contribution < 1.29 is 9.53 Å². The van der Waals surface area contributed by atoms with Crippen molar-refractivity contribution in [2.24, 2.45) is 0 Å². The van der Waals surface area contributed by atoms with Gasteiger partial charge in [0.05, 0.1) is 18.8 Å². The lowest BCUT2D eigenvalue weighted by atomic mass is 9.95. The summed E-state index contributed by atoms with van der Waals surface area (Å²) in [7, 11) is 0. The van der Waals surface area contributed by atoms with Crippen LogP contribution in [0.25, 0.3) is 0 Å². The molecule has 2 aromatic carbocycles. The van der Waals surface area contributed by atoms with E-state index in [2.05, 4.69) is 34.9 Å². The van der Waals surface area contributed by atoms with Crippen LogP contribution in [0, 0.1) is 0 Å². The van der Waals surface area contributed by atoms with E-state index in [1.54, 1.807) is 0 Å². The molecule has 0 aromatic heterocycles. The summed E-state index contributed by atoms with van der Waals surface area (Å²) in [5.74, 6) is 0.0571. The summed E-state index contributed by atoms with van der Waals surface area (Å²) in [4.78, 5) is 12.4. The second-order valence-corrected chi connectivity index (χ2v) is 6.80. The van der Waals surface area contributed by atoms with Crippen LogP contribution in [0.2, 0.25) is 0 Å². The molecule has 2 aromatic rings. The molecule has 1 heterocycles. The first-order chi connectivity index (χ1) is 12.1. The quantitative estimate of drug-likeness (QED) is 0.851. The molecule has 3 rings (SSSR count). The zero-order chi connectivity index (χ0) is 17.6. The van der Waals surface area contributed by atoms with Gasteiger partial charge in [0.2, 0.25) is 5.91 Å². The number of carbonyl (C=O) groups excluding carboxylic acids is 1. The average molecular weight is 338 g/mol.